The van der Waals surface area contributed by atoms with Crippen molar-refractivity contribution in [1.29, 1.82) is 0 Å². The Bertz CT molecular complexity index is 791. The number of hydrogen-bond donors (Lipinski definition) is 1. The fourth-order valence-electron chi connectivity index (χ4n) is 1.88. The molecule has 0 bridgehead atoms. The number of amides is 1. The first-order chi connectivity index (χ1) is 10.4. The summed E-state index contributed by atoms with van der Waals surface area (Å²) in [5.74, 6) is -3.32. The fraction of sp³-hybridized carbons (Fsp3) is 0.133. The molecule has 0 aromatic heterocycles. The Labute approximate surface area is 126 Å². The number of rotatable bonds is 5. The molecule has 1 amide bonds. The molecule has 2 aromatic carbocycles. The summed E-state index contributed by atoms with van der Waals surface area (Å²) < 4.78 is 50.2. The largest absolute Gasteiger partial charge is 0.323 e. The second-order valence-corrected chi connectivity index (χ2v) is 6.75. The number of benzene rings is 2. The number of halogens is 2. The van der Waals surface area contributed by atoms with Gasteiger partial charge in [-0.1, -0.05) is 24.3 Å². The smallest absolute Gasteiger partial charge is 0.239 e. The third-order valence-electron chi connectivity index (χ3n) is 2.77. The molecule has 0 aliphatic heterocycles. The van der Waals surface area contributed by atoms with Crippen molar-refractivity contribution in [3.8, 4) is 0 Å². The zero-order chi connectivity index (χ0) is 16.2. The maximum Gasteiger partial charge on any atom is 0.239 e. The summed E-state index contributed by atoms with van der Waals surface area (Å²) in [6.07, 6.45) is 0. The molecule has 0 unspecified atom stereocenters. The lowest BCUT2D eigenvalue weighted by molar-refractivity contribution is -0.113. The number of hydrogen-bond acceptors (Lipinski definition) is 3. The SMILES string of the molecule is O=C(CS(=O)(=O)Cc1cccc(F)c1)Nc1ccccc1F. The van der Waals surface area contributed by atoms with E-state index in [2.05, 4.69) is 5.32 Å². The average Bonchev–Trinajstić information content (AvgIpc) is 2.40. The number of carbonyl (C=O) groups excluding carboxylic acids is 1. The molecule has 1 N–H and O–H groups in total. The zero-order valence-corrected chi connectivity index (χ0v) is 12.2. The monoisotopic (exact) mass is 325 g/mol. The van der Waals surface area contributed by atoms with Gasteiger partial charge >= 0.3 is 0 Å². The van der Waals surface area contributed by atoms with Gasteiger partial charge in [-0.05, 0) is 29.8 Å². The van der Waals surface area contributed by atoms with Crippen molar-refractivity contribution in [2.24, 2.45) is 0 Å². The van der Waals surface area contributed by atoms with Gasteiger partial charge in [-0.25, -0.2) is 17.2 Å². The molecule has 0 saturated heterocycles. The summed E-state index contributed by atoms with van der Waals surface area (Å²) in [6.45, 7) is 0. The molecule has 7 heteroatoms. The lowest BCUT2D eigenvalue weighted by Crippen LogP contribution is -2.24. The van der Waals surface area contributed by atoms with E-state index in [1.165, 1.54) is 36.4 Å². The van der Waals surface area contributed by atoms with Crippen LogP contribution in [0.15, 0.2) is 48.5 Å². The van der Waals surface area contributed by atoms with Crippen LogP contribution in [0.2, 0.25) is 0 Å². The van der Waals surface area contributed by atoms with Crippen molar-refractivity contribution in [2.45, 2.75) is 5.75 Å². The molecule has 0 aliphatic rings. The van der Waals surface area contributed by atoms with Crippen LogP contribution in [0.1, 0.15) is 5.56 Å². The summed E-state index contributed by atoms with van der Waals surface area (Å²) in [6, 6.07) is 10.6. The average molecular weight is 325 g/mol. The van der Waals surface area contributed by atoms with Crippen LogP contribution >= 0.6 is 0 Å². The highest BCUT2D eigenvalue weighted by atomic mass is 32.2. The highest BCUT2D eigenvalue weighted by molar-refractivity contribution is 7.91. The third-order valence-corrected chi connectivity index (χ3v) is 4.25. The van der Waals surface area contributed by atoms with Crippen molar-refractivity contribution >= 4 is 21.4 Å². The first-order valence-corrected chi connectivity index (χ1v) is 8.17. The minimum Gasteiger partial charge on any atom is -0.323 e. The molecule has 2 rings (SSSR count). The summed E-state index contributed by atoms with van der Waals surface area (Å²) in [5.41, 5.74) is 0.159. The molecule has 2 aromatic rings. The van der Waals surface area contributed by atoms with E-state index in [4.69, 9.17) is 0 Å². The van der Waals surface area contributed by atoms with Crippen molar-refractivity contribution in [1.82, 2.24) is 0 Å². The van der Waals surface area contributed by atoms with E-state index in [-0.39, 0.29) is 11.3 Å². The normalized spacial score (nSPS) is 11.2. The van der Waals surface area contributed by atoms with Crippen LogP contribution in [-0.4, -0.2) is 20.1 Å². The highest BCUT2D eigenvalue weighted by Crippen LogP contribution is 2.13. The number of sulfone groups is 1. The van der Waals surface area contributed by atoms with Gasteiger partial charge in [0.1, 0.15) is 17.4 Å². The lowest BCUT2D eigenvalue weighted by atomic mass is 10.2. The Morgan fingerprint density at radius 3 is 2.45 bits per heavy atom. The predicted molar refractivity (Wildman–Crippen MR) is 78.9 cm³/mol. The van der Waals surface area contributed by atoms with Crippen LogP contribution in [0.3, 0.4) is 0 Å². The molecular formula is C15H13F2NO3S. The van der Waals surface area contributed by atoms with E-state index in [0.29, 0.717) is 0 Å². The van der Waals surface area contributed by atoms with Gasteiger partial charge in [0.15, 0.2) is 9.84 Å². The Morgan fingerprint density at radius 2 is 1.77 bits per heavy atom. The van der Waals surface area contributed by atoms with Crippen LogP contribution in [0, 0.1) is 11.6 Å². The quantitative estimate of drug-likeness (QED) is 0.919. The molecule has 0 spiro atoms. The molecule has 4 nitrogen and oxygen atoms in total. The Hall–Kier alpha value is -2.28. The summed E-state index contributed by atoms with van der Waals surface area (Å²) in [5, 5.41) is 2.20. The van der Waals surface area contributed by atoms with E-state index in [0.717, 1.165) is 12.1 Å². The van der Waals surface area contributed by atoms with E-state index in [1.807, 2.05) is 0 Å². The second kappa shape index (κ2) is 6.65. The van der Waals surface area contributed by atoms with Crippen LogP contribution < -0.4 is 5.32 Å². The first kappa shape index (κ1) is 16.1. The van der Waals surface area contributed by atoms with Gasteiger partial charge in [0.25, 0.3) is 0 Å². The van der Waals surface area contributed by atoms with E-state index in [9.17, 15) is 22.0 Å². The highest BCUT2D eigenvalue weighted by Gasteiger charge is 2.18. The maximum atomic E-state index is 13.4. The molecule has 0 fully saturated rings. The fourth-order valence-corrected chi connectivity index (χ4v) is 3.14. The molecular weight excluding hydrogens is 312 g/mol. The molecule has 22 heavy (non-hydrogen) atoms. The van der Waals surface area contributed by atoms with Gasteiger partial charge in [-0.2, -0.15) is 0 Å². The minimum absolute atomic E-state index is 0.0894. The van der Waals surface area contributed by atoms with E-state index < -0.39 is 38.9 Å². The molecule has 0 aliphatic carbocycles. The van der Waals surface area contributed by atoms with Gasteiger partial charge < -0.3 is 5.32 Å². The van der Waals surface area contributed by atoms with Crippen LogP contribution in [0.25, 0.3) is 0 Å². The first-order valence-electron chi connectivity index (χ1n) is 6.35. The Balaban J connectivity index is 2.02. The Kier molecular flexibility index (Phi) is 4.87. The summed E-state index contributed by atoms with van der Waals surface area (Å²) in [7, 11) is -3.78. The van der Waals surface area contributed by atoms with Crippen molar-refractivity contribution in [3.05, 3.63) is 65.7 Å². The zero-order valence-electron chi connectivity index (χ0n) is 11.4. The molecule has 0 radical (unpaired) electrons. The molecule has 116 valence electrons. The number of nitrogens with one attached hydrogen (secondary N) is 1. The van der Waals surface area contributed by atoms with Gasteiger partial charge in [0, 0.05) is 0 Å². The van der Waals surface area contributed by atoms with Crippen molar-refractivity contribution in [3.63, 3.8) is 0 Å². The van der Waals surface area contributed by atoms with Gasteiger partial charge in [-0.15, -0.1) is 0 Å². The summed E-state index contributed by atoms with van der Waals surface area (Å²) >= 11 is 0. The van der Waals surface area contributed by atoms with Gasteiger partial charge in [-0.3, -0.25) is 4.79 Å². The topological polar surface area (TPSA) is 63.2 Å². The second-order valence-electron chi connectivity index (χ2n) is 4.69. The third kappa shape index (κ3) is 4.63. The maximum absolute atomic E-state index is 13.4. The van der Waals surface area contributed by atoms with Crippen LogP contribution in [0.5, 0.6) is 0 Å². The standard InChI is InChI=1S/C15H13F2NO3S/c16-12-5-3-4-11(8-12)9-22(20,21)10-15(19)18-14-7-2-1-6-13(14)17/h1-8H,9-10H2,(H,18,19). The molecule has 0 atom stereocenters. The Morgan fingerprint density at radius 1 is 1.05 bits per heavy atom. The molecule has 0 saturated carbocycles. The van der Waals surface area contributed by atoms with Crippen LogP contribution in [0.4, 0.5) is 14.5 Å². The van der Waals surface area contributed by atoms with Gasteiger partial charge in [0.2, 0.25) is 5.91 Å². The molecule has 0 heterocycles. The van der Waals surface area contributed by atoms with E-state index >= 15 is 0 Å². The number of carbonyl (C=O) groups is 1. The van der Waals surface area contributed by atoms with Gasteiger partial charge in [0.05, 0.1) is 11.4 Å². The van der Waals surface area contributed by atoms with Crippen molar-refractivity contribution < 1.29 is 22.0 Å². The lowest BCUT2D eigenvalue weighted by Gasteiger charge is -2.07. The number of anilines is 1. The van der Waals surface area contributed by atoms with Crippen molar-refractivity contribution in [2.75, 3.05) is 11.1 Å². The predicted octanol–water partition coefficient (Wildman–Crippen LogP) is 2.52. The summed E-state index contributed by atoms with van der Waals surface area (Å²) in [4.78, 5) is 11.7. The van der Waals surface area contributed by atoms with Crippen LogP contribution in [-0.2, 0) is 20.4 Å². The minimum atomic E-state index is -3.78. The number of para-hydroxylation sites is 1. The van der Waals surface area contributed by atoms with E-state index in [1.54, 1.807) is 0 Å².